The number of thioether (sulfide) groups is 1. The Morgan fingerprint density at radius 2 is 1.97 bits per heavy atom. The van der Waals surface area contributed by atoms with E-state index in [1.54, 1.807) is 6.07 Å². The molecule has 3 heterocycles. The molecule has 1 amide bonds. The summed E-state index contributed by atoms with van der Waals surface area (Å²) >= 11 is 1.16. The number of rotatable bonds is 6. The fourth-order valence-electron chi connectivity index (χ4n) is 4.53. The maximum atomic E-state index is 12.5. The Morgan fingerprint density at radius 3 is 2.52 bits per heavy atom. The van der Waals surface area contributed by atoms with Crippen molar-refractivity contribution in [3.63, 3.8) is 0 Å². The molecule has 3 rings (SSSR count). The van der Waals surface area contributed by atoms with Crippen LogP contribution in [0.4, 0.5) is 0 Å². The molecule has 0 aromatic carbocycles. The number of hydroxylamine groups is 2. The van der Waals surface area contributed by atoms with Gasteiger partial charge in [0.2, 0.25) is 5.91 Å². The summed E-state index contributed by atoms with van der Waals surface area (Å²) in [5, 5.41) is 34.2. The van der Waals surface area contributed by atoms with E-state index in [0.29, 0.717) is 17.9 Å². The maximum Gasteiger partial charge on any atom is 0.350 e. The average molecular weight is 457 g/mol. The minimum absolute atomic E-state index is 0.0622. The minimum Gasteiger partial charge on any atom is -0.394 e. The first-order valence-corrected chi connectivity index (χ1v) is 11.4. The van der Waals surface area contributed by atoms with Crippen molar-refractivity contribution in [1.29, 1.82) is 0 Å². The Labute approximate surface area is 185 Å². The van der Waals surface area contributed by atoms with E-state index in [1.165, 1.54) is 15.8 Å². The summed E-state index contributed by atoms with van der Waals surface area (Å²) in [6.07, 6.45) is 0.725. The first kappa shape index (κ1) is 24.1. The Hall–Kier alpha value is -1.50. The van der Waals surface area contributed by atoms with Crippen molar-refractivity contribution >= 4 is 17.7 Å². The van der Waals surface area contributed by atoms with Crippen molar-refractivity contribution in [3.05, 3.63) is 22.7 Å². The van der Waals surface area contributed by atoms with Gasteiger partial charge in [-0.25, -0.2) is 4.79 Å². The van der Waals surface area contributed by atoms with Crippen LogP contribution in [0.1, 0.15) is 53.2 Å². The number of hydrogen-bond donors (Lipinski definition) is 4. The largest absolute Gasteiger partial charge is 0.394 e. The van der Waals surface area contributed by atoms with E-state index in [2.05, 4.69) is 10.3 Å². The molecule has 0 radical (unpaired) electrons. The van der Waals surface area contributed by atoms with Crippen LogP contribution >= 0.6 is 11.8 Å². The summed E-state index contributed by atoms with van der Waals surface area (Å²) in [7, 11) is 0. The molecule has 2 saturated heterocycles. The van der Waals surface area contributed by atoms with Gasteiger partial charge in [0.1, 0.15) is 17.4 Å². The lowest BCUT2D eigenvalue weighted by molar-refractivity contribution is -0.246. The molecule has 0 saturated carbocycles. The predicted octanol–water partition coefficient (Wildman–Crippen LogP) is 0.503. The molecule has 0 aliphatic carbocycles. The molecule has 3 atom stereocenters. The second-order valence-corrected chi connectivity index (χ2v) is 10.5. The van der Waals surface area contributed by atoms with Crippen LogP contribution in [0.25, 0.3) is 0 Å². The molecule has 0 spiro atoms. The summed E-state index contributed by atoms with van der Waals surface area (Å²) in [6, 6.07) is 1.56. The Morgan fingerprint density at radius 1 is 1.32 bits per heavy atom. The van der Waals surface area contributed by atoms with Gasteiger partial charge in [0.05, 0.1) is 18.5 Å². The summed E-state index contributed by atoms with van der Waals surface area (Å²) in [5.74, 6) is -0.0472. The molecule has 174 valence electrons. The van der Waals surface area contributed by atoms with Crippen LogP contribution in [0.2, 0.25) is 0 Å². The quantitative estimate of drug-likeness (QED) is 0.356. The fraction of sp³-hybridized carbons (Fsp3) is 0.750. The molecule has 1 aromatic heterocycles. The molecule has 11 heteroatoms. The number of carbonyl (C=O) groups is 1. The SMILES string of the molecule is CC1(C)CC(NC(=O)CSc2ccn([C@H]3C[C@H](O)[C@@H](CO)O3)c(=O)n2)CC(C)(C)N1O. The van der Waals surface area contributed by atoms with Crippen molar-refractivity contribution in [3.8, 4) is 0 Å². The van der Waals surface area contributed by atoms with E-state index in [4.69, 9.17) is 4.74 Å². The van der Waals surface area contributed by atoms with Gasteiger partial charge in [0.15, 0.2) is 0 Å². The van der Waals surface area contributed by atoms with Gasteiger partial charge >= 0.3 is 5.69 Å². The lowest BCUT2D eigenvalue weighted by atomic mass is 9.79. The Kier molecular flexibility index (Phi) is 7.14. The van der Waals surface area contributed by atoms with E-state index in [1.807, 2.05) is 27.7 Å². The zero-order valence-corrected chi connectivity index (χ0v) is 19.1. The third kappa shape index (κ3) is 5.47. The van der Waals surface area contributed by atoms with Crippen LogP contribution in [0, 0.1) is 0 Å². The summed E-state index contributed by atoms with van der Waals surface area (Å²) in [6.45, 7) is 7.44. The van der Waals surface area contributed by atoms with Crippen LogP contribution in [-0.2, 0) is 9.53 Å². The van der Waals surface area contributed by atoms with Gasteiger partial charge in [0, 0.05) is 29.7 Å². The fourth-order valence-corrected chi connectivity index (χ4v) is 5.19. The Balaban J connectivity index is 1.55. The third-order valence-electron chi connectivity index (χ3n) is 5.85. The van der Waals surface area contributed by atoms with Gasteiger partial charge in [-0.1, -0.05) is 11.8 Å². The summed E-state index contributed by atoms with van der Waals surface area (Å²) in [4.78, 5) is 28.8. The first-order valence-electron chi connectivity index (χ1n) is 10.4. The topological polar surface area (TPSA) is 137 Å². The average Bonchev–Trinajstić information content (AvgIpc) is 3.04. The first-order chi connectivity index (χ1) is 14.4. The molecule has 2 aliphatic heterocycles. The second-order valence-electron chi connectivity index (χ2n) is 9.47. The number of amides is 1. The van der Waals surface area contributed by atoms with Crippen molar-refractivity contribution in [1.82, 2.24) is 19.9 Å². The molecule has 10 nitrogen and oxygen atoms in total. The molecule has 0 bridgehead atoms. The number of hydrogen-bond acceptors (Lipinski definition) is 9. The zero-order valence-electron chi connectivity index (χ0n) is 18.3. The van der Waals surface area contributed by atoms with Gasteiger partial charge in [-0.2, -0.15) is 10.0 Å². The highest BCUT2D eigenvalue weighted by Crippen LogP contribution is 2.36. The molecule has 31 heavy (non-hydrogen) atoms. The molecule has 2 aliphatic rings. The number of piperidine rings is 1. The number of aromatic nitrogens is 2. The van der Waals surface area contributed by atoms with Crippen LogP contribution in [0.3, 0.4) is 0 Å². The molecule has 0 unspecified atom stereocenters. The number of ether oxygens (including phenoxy) is 1. The van der Waals surface area contributed by atoms with Crippen molar-refractivity contribution in [2.24, 2.45) is 0 Å². The standard InChI is InChI=1S/C20H32N4O6S/c1-19(2)8-12(9-20(3,4)24(19)29)21-15(27)11-31-16-5-6-23(18(28)22-16)17-7-13(26)14(10-25)30-17/h5-6,12-14,17,25-26,29H,7-11H2,1-4H3,(H,21,27)/t13-,14+,17+/m0/s1. The molecular weight excluding hydrogens is 424 g/mol. The normalized spacial score (nSPS) is 28.5. The van der Waals surface area contributed by atoms with Gasteiger partial charge in [-0.05, 0) is 46.6 Å². The number of aliphatic hydroxyl groups is 2. The van der Waals surface area contributed by atoms with Gasteiger partial charge in [-0.15, -0.1) is 0 Å². The highest BCUT2D eigenvalue weighted by molar-refractivity contribution is 7.99. The van der Waals surface area contributed by atoms with Gasteiger partial charge in [0.25, 0.3) is 0 Å². The highest BCUT2D eigenvalue weighted by Gasteiger charge is 2.45. The Bertz CT molecular complexity index is 842. The van der Waals surface area contributed by atoms with Crippen molar-refractivity contribution < 1.29 is 25.0 Å². The number of nitrogens with one attached hydrogen (secondary N) is 1. The molecule has 2 fully saturated rings. The smallest absolute Gasteiger partial charge is 0.350 e. The molecule has 1 aromatic rings. The highest BCUT2D eigenvalue weighted by atomic mass is 32.2. The number of aliphatic hydroxyl groups excluding tert-OH is 2. The van der Waals surface area contributed by atoms with E-state index in [0.717, 1.165) is 11.8 Å². The lowest BCUT2D eigenvalue weighted by Crippen LogP contribution is -2.63. The summed E-state index contributed by atoms with van der Waals surface area (Å²) in [5.41, 5.74) is -1.45. The number of carbonyl (C=O) groups excluding carboxylic acids is 1. The third-order valence-corrected chi connectivity index (χ3v) is 6.78. The summed E-state index contributed by atoms with van der Waals surface area (Å²) < 4.78 is 6.76. The molecular formula is C20H32N4O6S. The van der Waals surface area contributed by atoms with E-state index >= 15 is 0 Å². The van der Waals surface area contributed by atoms with E-state index < -0.39 is 35.2 Å². The lowest BCUT2D eigenvalue weighted by Gasteiger charge is -2.51. The van der Waals surface area contributed by atoms with Gasteiger partial charge in [-0.3, -0.25) is 9.36 Å². The van der Waals surface area contributed by atoms with Crippen LogP contribution in [-0.4, -0.2) is 77.6 Å². The van der Waals surface area contributed by atoms with E-state index in [9.17, 15) is 25.0 Å². The monoisotopic (exact) mass is 456 g/mol. The van der Waals surface area contributed by atoms with E-state index in [-0.39, 0.29) is 30.7 Å². The number of nitrogens with zero attached hydrogens (tertiary/aromatic N) is 3. The zero-order chi connectivity index (χ0) is 23.0. The predicted molar refractivity (Wildman–Crippen MR) is 114 cm³/mol. The second kappa shape index (κ2) is 9.16. The molecule has 4 N–H and O–H groups in total. The van der Waals surface area contributed by atoms with Crippen LogP contribution in [0.15, 0.2) is 22.1 Å². The minimum atomic E-state index is -0.840. The van der Waals surface area contributed by atoms with Crippen molar-refractivity contribution in [2.45, 2.75) is 87.5 Å². The van der Waals surface area contributed by atoms with Gasteiger partial charge < -0.3 is 25.5 Å². The van der Waals surface area contributed by atoms with Crippen LogP contribution in [0.5, 0.6) is 0 Å². The van der Waals surface area contributed by atoms with Crippen molar-refractivity contribution in [2.75, 3.05) is 12.4 Å². The van der Waals surface area contributed by atoms with Crippen LogP contribution < -0.4 is 11.0 Å². The maximum absolute atomic E-state index is 12.5.